The van der Waals surface area contributed by atoms with Crippen LogP contribution in [0.2, 0.25) is 5.02 Å². The van der Waals surface area contributed by atoms with Gasteiger partial charge in [-0.15, -0.1) is 0 Å². The van der Waals surface area contributed by atoms with Gasteiger partial charge in [-0.2, -0.15) is 5.10 Å². The monoisotopic (exact) mass is 275 g/mol. The Morgan fingerprint density at radius 2 is 2.33 bits per heavy atom. The molecule has 0 radical (unpaired) electrons. The number of anilines is 1. The van der Waals surface area contributed by atoms with E-state index in [1.54, 1.807) is 0 Å². The minimum Gasteiger partial charge on any atom is -0.394 e. The number of aromatic nitrogens is 2. The van der Waals surface area contributed by atoms with Crippen LogP contribution in [0.5, 0.6) is 0 Å². The second-order valence-electron chi connectivity index (χ2n) is 3.97. The molecular formula is C11H18ClN3O3. The zero-order valence-electron chi connectivity index (χ0n) is 10.5. The molecule has 0 saturated heterocycles. The first-order valence-electron chi connectivity index (χ1n) is 5.78. The number of ether oxygens (including phenoxy) is 1. The maximum atomic E-state index is 11.7. The van der Waals surface area contributed by atoms with Crippen molar-refractivity contribution < 1.29 is 9.84 Å². The van der Waals surface area contributed by atoms with E-state index in [0.717, 1.165) is 4.68 Å². The Morgan fingerprint density at radius 3 is 2.94 bits per heavy atom. The van der Waals surface area contributed by atoms with Crippen LogP contribution >= 0.6 is 11.6 Å². The number of aliphatic hydroxyl groups is 1. The molecule has 18 heavy (non-hydrogen) atoms. The molecule has 1 aromatic heterocycles. The number of rotatable bonds is 7. The summed E-state index contributed by atoms with van der Waals surface area (Å²) in [6.45, 7) is 4.94. The van der Waals surface area contributed by atoms with Crippen LogP contribution in [0, 0.1) is 0 Å². The molecule has 1 rings (SSSR count). The maximum Gasteiger partial charge on any atom is 0.287 e. The van der Waals surface area contributed by atoms with Gasteiger partial charge in [-0.25, -0.2) is 4.68 Å². The highest BCUT2D eigenvalue weighted by Gasteiger charge is 2.08. The summed E-state index contributed by atoms with van der Waals surface area (Å²) in [5.74, 6) is 0. The summed E-state index contributed by atoms with van der Waals surface area (Å²) in [6.07, 6.45) is 1.63. The van der Waals surface area contributed by atoms with Gasteiger partial charge in [-0.3, -0.25) is 4.79 Å². The zero-order chi connectivity index (χ0) is 13.5. The van der Waals surface area contributed by atoms with Gasteiger partial charge in [-0.05, 0) is 13.8 Å². The maximum absolute atomic E-state index is 11.7. The number of nitrogens with zero attached hydrogens (tertiary/aromatic N) is 2. The predicted octanol–water partition coefficient (Wildman–Crippen LogP) is 0.726. The number of aliphatic hydroxyl groups excluding tert-OH is 1. The van der Waals surface area contributed by atoms with Gasteiger partial charge in [0, 0.05) is 6.54 Å². The number of nitrogens with one attached hydrogen (secondary N) is 1. The largest absolute Gasteiger partial charge is 0.394 e. The average Bonchev–Trinajstić information content (AvgIpc) is 2.33. The standard InChI is InChI=1S/C11H18ClN3O3/c1-8(2)18-6-3-13-9-7-14-15(4-5-16)11(17)10(9)12/h7-8,13,16H,3-6H2,1-2H3. The summed E-state index contributed by atoms with van der Waals surface area (Å²) in [5, 5.41) is 15.7. The fraction of sp³-hybridized carbons (Fsp3) is 0.636. The van der Waals surface area contributed by atoms with Crippen LogP contribution in [0.4, 0.5) is 5.69 Å². The third-order valence-electron chi connectivity index (χ3n) is 2.17. The molecule has 0 spiro atoms. The van der Waals surface area contributed by atoms with Crippen LogP contribution in [-0.4, -0.2) is 40.7 Å². The summed E-state index contributed by atoms with van der Waals surface area (Å²) >= 11 is 5.92. The Kier molecular flexibility index (Phi) is 6.11. The summed E-state index contributed by atoms with van der Waals surface area (Å²) in [6, 6.07) is 0. The van der Waals surface area contributed by atoms with Gasteiger partial charge >= 0.3 is 0 Å². The lowest BCUT2D eigenvalue weighted by molar-refractivity contribution is 0.0870. The summed E-state index contributed by atoms with van der Waals surface area (Å²) < 4.78 is 6.48. The van der Waals surface area contributed by atoms with Gasteiger partial charge in [-0.1, -0.05) is 11.6 Å². The van der Waals surface area contributed by atoms with Gasteiger partial charge in [0.05, 0.1) is 37.7 Å². The molecule has 2 N–H and O–H groups in total. The van der Waals surface area contributed by atoms with Crippen LogP contribution in [-0.2, 0) is 11.3 Å². The molecule has 1 heterocycles. The van der Waals surface area contributed by atoms with Crippen molar-refractivity contribution in [3.8, 4) is 0 Å². The summed E-state index contributed by atoms with van der Waals surface area (Å²) in [4.78, 5) is 11.7. The molecule has 0 atom stereocenters. The van der Waals surface area contributed by atoms with E-state index in [9.17, 15) is 4.79 Å². The Hall–Kier alpha value is -1.11. The Labute approximate surface area is 111 Å². The molecule has 0 saturated carbocycles. The number of hydrogen-bond donors (Lipinski definition) is 2. The average molecular weight is 276 g/mol. The lowest BCUT2D eigenvalue weighted by Crippen LogP contribution is -2.26. The molecule has 6 nitrogen and oxygen atoms in total. The predicted molar refractivity (Wildman–Crippen MR) is 70.2 cm³/mol. The minimum absolute atomic E-state index is 0.0722. The van der Waals surface area contributed by atoms with Crippen molar-refractivity contribution in [3.05, 3.63) is 21.6 Å². The van der Waals surface area contributed by atoms with E-state index in [2.05, 4.69) is 10.4 Å². The third-order valence-corrected chi connectivity index (χ3v) is 2.53. The molecule has 0 amide bonds. The highest BCUT2D eigenvalue weighted by Crippen LogP contribution is 2.14. The second kappa shape index (κ2) is 7.35. The summed E-state index contributed by atoms with van der Waals surface area (Å²) in [5.41, 5.74) is 0.0590. The Morgan fingerprint density at radius 1 is 1.61 bits per heavy atom. The fourth-order valence-corrected chi connectivity index (χ4v) is 1.54. The highest BCUT2D eigenvalue weighted by molar-refractivity contribution is 6.32. The van der Waals surface area contributed by atoms with E-state index in [-0.39, 0.29) is 24.3 Å². The van der Waals surface area contributed by atoms with Crippen molar-refractivity contribution in [3.63, 3.8) is 0 Å². The molecule has 0 fully saturated rings. The van der Waals surface area contributed by atoms with E-state index in [1.807, 2.05) is 13.8 Å². The van der Waals surface area contributed by atoms with Gasteiger partial charge in [0.2, 0.25) is 0 Å². The van der Waals surface area contributed by atoms with Crippen molar-refractivity contribution >= 4 is 17.3 Å². The van der Waals surface area contributed by atoms with Crippen LogP contribution in [0.3, 0.4) is 0 Å². The fourth-order valence-electron chi connectivity index (χ4n) is 1.32. The minimum atomic E-state index is -0.416. The van der Waals surface area contributed by atoms with Crippen molar-refractivity contribution in [2.75, 3.05) is 25.1 Å². The van der Waals surface area contributed by atoms with Gasteiger partial charge in [0.25, 0.3) is 5.56 Å². The summed E-state index contributed by atoms with van der Waals surface area (Å²) in [7, 11) is 0. The third kappa shape index (κ3) is 4.29. The molecular weight excluding hydrogens is 258 g/mol. The first-order valence-corrected chi connectivity index (χ1v) is 6.16. The molecule has 7 heteroatoms. The van der Waals surface area contributed by atoms with E-state index in [1.165, 1.54) is 6.20 Å². The van der Waals surface area contributed by atoms with Crippen molar-refractivity contribution in [2.24, 2.45) is 0 Å². The molecule has 0 aliphatic heterocycles. The van der Waals surface area contributed by atoms with Crippen LogP contribution < -0.4 is 10.9 Å². The topological polar surface area (TPSA) is 76.4 Å². The molecule has 0 bridgehead atoms. The first kappa shape index (κ1) is 14.9. The molecule has 0 aromatic carbocycles. The zero-order valence-corrected chi connectivity index (χ0v) is 11.3. The van der Waals surface area contributed by atoms with Crippen molar-refractivity contribution in [1.82, 2.24) is 9.78 Å². The Bertz CT molecular complexity index is 434. The lowest BCUT2D eigenvalue weighted by atomic mass is 10.4. The molecule has 0 aliphatic carbocycles. The second-order valence-corrected chi connectivity index (χ2v) is 4.35. The van der Waals surface area contributed by atoms with Gasteiger partial charge in [0.1, 0.15) is 5.02 Å². The number of hydrogen-bond acceptors (Lipinski definition) is 5. The van der Waals surface area contributed by atoms with Crippen LogP contribution in [0.15, 0.2) is 11.0 Å². The smallest absolute Gasteiger partial charge is 0.287 e. The molecule has 1 aromatic rings. The number of halogens is 1. The molecule has 0 unspecified atom stereocenters. The molecule has 0 aliphatic rings. The van der Waals surface area contributed by atoms with Crippen LogP contribution in [0.25, 0.3) is 0 Å². The van der Waals surface area contributed by atoms with E-state index < -0.39 is 5.56 Å². The van der Waals surface area contributed by atoms with Crippen molar-refractivity contribution in [2.45, 2.75) is 26.5 Å². The van der Waals surface area contributed by atoms with E-state index in [0.29, 0.717) is 18.8 Å². The van der Waals surface area contributed by atoms with Crippen molar-refractivity contribution in [1.29, 1.82) is 0 Å². The van der Waals surface area contributed by atoms with E-state index in [4.69, 9.17) is 21.4 Å². The van der Waals surface area contributed by atoms with Gasteiger partial charge in [0.15, 0.2) is 0 Å². The SMILES string of the molecule is CC(C)OCCNc1cnn(CCO)c(=O)c1Cl. The molecule has 102 valence electrons. The normalized spacial score (nSPS) is 10.9. The van der Waals surface area contributed by atoms with Gasteiger partial charge < -0.3 is 15.2 Å². The highest BCUT2D eigenvalue weighted by atomic mass is 35.5. The quantitative estimate of drug-likeness (QED) is 0.718. The Balaban J connectivity index is 2.62. The first-order chi connectivity index (χ1) is 8.56. The van der Waals surface area contributed by atoms with Crippen LogP contribution in [0.1, 0.15) is 13.8 Å². The van der Waals surface area contributed by atoms with E-state index >= 15 is 0 Å². The lowest BCUT2D eigenvalue weighted by Gasteiger charge is -2.11.